The second-order valence-electron chi connectivity index (χ2n) is 9.77. The number of nitrogens with one attached hydrogen (secondary N) is 1. The van der Waals surface area contributed by atoms with Crippen LogP contribution in [-0.2, 0) is 11.8 Å². The minimum Gasteiger partial charge on any atom is -0.495 e. The van der Waals surface area contributed by atoms with Crippen LogP contribution in [0, 0.1) is 6.92 Å². The molecule has 1 amide bonds. The van der Waals surface area contributed by atoms with Gasteiger partial charge in [0.25, 0.3) is 5.91 Å². The summed E-state index contributed by atoms with van der Waals surface area (Å²) in [6.45, 7) is 10.3. The highest BCUT2D eigenvalue weighted by atomic mass is 16.5. The number of ether oxygens (including phenoxy) is 2. The lowest BCUT2D eigenvalue weighted by Crippen LogP contribution is -2.15. The number of benzene rings is 2. The summed E-state index contributed by atoms with van der Waals surface area (Å²) in [6, 6.07) is 16.8. The molecule has 2 heterocycles. The van der Waals surface area contributed by atoms with Crippen molar-refractivity contribution in [2.75, 3.05) is 12.4 Å². The summed E-state index contributed by atoms with van der Waals surface area (Å²) in [5, 5.41) is 3.00. The Morgan fingerprint density at radius 3 is 2.51 bits per heavy atom. The van der Waals surface area contributed by atoms with Gasteiger partial charge in [0.2, 0.25) is 5.88 Å². The molecule has 190 valence electrons. The number of aromatic nitrogens is 3. The molecule has 0 spiro atoms. The van der Waals surface area contributed by atoms with E-state index in [0.717, 1.165) is 34.6 Å². The number of nitrogens with zero attached hydrogens (tertiary/aromatic N) is 3. The molecule has 0 aliphatic heterocycles. The molecule has 4 aromatic rings. The Hall–Kier alpha value is -4.26. The molecule has 0 unspecified atom stereocenters. The van der Waals surface area contributed by atoms with Crippen molar-refractivity contribution < 1.29 is 14.3 Å². The maximum absolute atomic E-state index is 13.3. The van der Waals surface area contributed by atoms with E-state index in [0.29, 0.717) is 28.6 Å². The number of carbonyl (C=O) groups excluding carboxylic acids is 1. The van der Waals surface area contributed by atoms with Crippen LogP contribution in [-0.4, -0.2) is 28.0 Å². The van der Waals surface area contributed by atoms with Crippen LogP contribution in [0.1, 0.15) is 55.0 Å². The van der Waals surface area contributed by atoms with Crippen molar-refractivity contribution in [3.63, 3.8) is 0 Å². The number of amides is 1. The first-order valence-corrected chi connectivity index (χ1v) is 12.2. The lowest BCUT2D eigenvalue weighted by atomic mass is 9.87. The third kappa shape index (κ3) is 5.94. The maximum atomic E-state index is 13.3. The van der Waals surface area contributed by atoms with E-state index in [1.165, 1.54) is 0 Å². The summed E-state index contributed by atoms with van der Waals surface area (Å²) in [5.74, 6) is 2.02. The number of carbonyl (C=O) groups is 1. The third-order valence-electron chi connectivity index (χ3n) is 6.04. The molecule has 7 nitrogen and oxygen atoms in total. The van der Waals surface area contributed by atoms with Crippen LogP contribution in [0.25, 0.3) is 11.3 Å². The fourth-order valence-electron chi connectivity index (χ4n) is 3.81. The Morgan fingerprint density at radius 1 is 0.973 bits per heavy atom. The summed E-state index contributed by atoms with van der Waals surface area (Å²) >= 11 is 0. The fourth-order valence-corrected chi connectivity index (χ4v) is 3.81. The van der Waals surface area contributed by atoms with Crippen LogP contribution >= 0.6 is 0 Å². The van der Waals surface area contributed by atoms with Gasteiger partial charge in [0.15, 0.2) is 0 Å². The van der Waals surface area contributed by atoms with Gasteiger partial charge in [-0.15, -0.1) is 0 Å². The smallest absolute Gasteiger partial charge is 0.255 e. The molecule has 0 saturated carbocycles. The fraction of sp³-hybridized carbons (Fsp3) is 0.267. The van der Waals surface area contributed by atoms with Gasteiger partial charge in [0, 0.05) is 24.4 Å². The van der Waals surface area contributed by atoms with Gasteiger partial charge in [-0.25, -0.2) is 15.0 Å². The van der Waals surface area contributed by atoms with Crippen molar-refractivity contribution in [1.82, 2.24) is 15.0 Å². The van der Waals surface area contributed by atoms with E-state index in [1.54, 1.807) is 31.6 Å². The largest absolute Gasteiger partial charge is 0.495 e. The molecule has 0 fully saturated rings. The highest BCUT2D eigenvalue weighted by molar-refractivity contribution is 6.05. The normalized spacial score (nSPS) is 11.2. The zero-order valence-corrected chi connectivity index (χ0v) is 22.1. The Labute approximate surface area is 217 Å². The summed E-state index contributed by atoms with van der Waals surface area (Å²) < 4.78 is 11.7. The Balaban J connectivity index is 1.63. The van der Waals surface area contributed by atoms with E-state index in [-0.39, 0.29) is 11.3 Å². The first kappa shape index (κ1) is 25.8. The number of hydrogen-bond donors (Lipinski definition) is 1. The number of hydrogen-bond acceptors (Lipinski definition) is 6. The summed E-state index contributed by atoms with van der Waals surface area (Å²) in [7, 11) is 1.59. The molecule has 7 heteroatoms. The van der Waals surface area contributed by atoms with Gasteiger partial charge >= 0.3 is 0 Å². The maximum Gasteiger partial charge on any atom is 0.255 e. The number of methoxy groups -OCH3 is 1. The monoisotopic (exact) mass is 496 g/mol. The summed E-state index contributed by atoms with van der Waals surface area (Å²) in [5.41, 5.74) is 4.44. The molecular formula is C30H32N4O3. The second kappa shape index (κ2) is 10.8. The first-order chi connectivity index (χ1) is 17.7. The van der Waals surface area contributed by atoms with E-state index in [1.807, 2.05) is 56.3 Å². The Kier molecular flexibility index (Phi) is 7.53. The Morgan fingerprint density at radius 2 is 1.78 bits per heavy atom. The molecule has 0 radical (unpaired) electrons. The lowest BCUT2D eigenvalue weighted by molar-refractivity contribution is 0.102. The summed E-state index contributed by atoms with van der Waals surface area (Å²) in [6.07, 6.45) is 4.13. The van der Waals surface area contributed by atoms with Gasteiger partial charge in [0.1, 0.15) is 17.3 Å². The minimum atomic E-state index is -0.265. The quantitative estimate of drug-likeness (QED) is 0.304. The first-order valence-electron chi connectivity index (χ1n) is 12.2. The zero-order chi connectivity index (χ0) is 26.6. The van der Waals surface area contributed by atoms with E-state index >= 15 is 0 Å². The van der Waals surface area contributed by atoms with Gasteiger partial charge in [-0.2, -0.15) is 0 Å². The molecule has 1 N–H and O–H groups in total. The van der Waals surface area contributed by atoms with Crippen LogP contribution in [0.4, 0.5) is 5.69 Å². The van der Waals surface area contributed by atoms with Gasteiger partial charge in [-0.1, -0.05) is 39.8 Å². The van der Waals surface area contributed by atoms with Crippen LogP contribution in [0.2, 0.25) is 0 Å². The molecule has 37 heavy (non-hydrogen) atoms. The third-order valence-corrected chi connectivity index (χ3v) is 6.04. The van der Waals surface area contributed by atoms with Gasteiger partial charge < -0.3 is 14.8 Å². The van der Waals surface area contributed by atoms with Crippen LogP contribution in [0.5, 0.6) is 17.4 Å². The molecule has 0 bridgehead atoms. The predicted octanol–water partition coefficient (Wildman–Crippen LogP) is 6.76. The number of pyridine rings is 1. The average molecular weight is 497 g/mol. The lowest BCUT2D eigenvalue weighted by Gasteiger charge is -2.21. The van der Waals surface area contributed by atoms with E-state index < -0.39 is 0 Å². The molecular weight excluding hydrogens is 464 g/mol. The minimum absolute atomic E-state index is 0.0709. The molecule has 2 aromatic heterocycles. The highest BCUT2D eigenvalue weighted by Gasteiger charge is 2.19. The highest BCUT2D eigenvalue weighted by Crippen LogP contribution is 2.34. The average Bonchev–Trinajstić information content (AvgIpc) is 2.89. The molecule has 0 saturated heterocycles. The zero-order valence-electron chi connectivity index (χ0n) is 22.1. The molecule has 4 rings (SSSR count). The van der Waals surface area contributed by atoms with Crippen molar-refractivity contribution in [2.45, 2.75) is 46.5 Å². The van der Waals surface area contributed by atoms with Gasteiger partial charge in [-0.3, -0.25) is 4.79 Å². The standard InChI is InChI=1S/C30H32N4O3/c1-7-27-31-16-14-23(33-27)22-9-8-15-32-29(22)37-26-17-20(11-10-19(26)2)28(35)34-24-18-21(30(3,4)5)12-13-25(24)36-6/h8-18H,7H2,1-6H3,(H,34,35). The van der Waals surface area contributed by atoms with Gasteiger partial charge in [-0.05, 0) is 65.9 Å². The second-order valence-corrected chi connectivity index (χ2v) is 9.77. The summed E-state index contributed by atoms with van der Waals surface area (Å²) in [4.78, 5) is 26.6. The van der Waals surface area contributed by atoms with Crippen molar-refractivity contribution in [3.05, 3.63) is 89.5 Å². The van der Waals surface area contributed by atoms with Crippen molar-refractivity contribution in [3.8, 4) is 28.6 Å². The van der Waals surface area contributed by atoms with E-state index in [4.69, 9.17) is 9.47 Å². The van der Waals surface area contributed by atoms with Crippen LogP contribution < -0.4 is 14.8 Å². The SMILES string of the molecule is CCc1nccc(-c2cccnc2Oc2cc(C(=O)Nc3cc(C(C)(C)C)ccc3OC)ccc2C)n1. The molecule has 0 aliphatic rings. The molecule has 0 aliphatic carbocycles. The number of rotatable bonds is 7. The van der Waals surface area contributed by atoms with E-state index in [9.17, 15) is 4.79 Å². The predicted molar refractivity (Wildman–Crippen MR) is 146 cm³/mol. The number of anilines is 1. The molecule has 2 aromatic carbocycles. The number of aryl methyl sites for hydroxylation is 2. The van der Waals surface area contributed by atoms with Gasteiger partial charge in [0.05, 0.1) is 24.1 Å². The van der Waals surface area contributed by atoms with E-state index in [2.05, 4.69) is 41.0 Å². The molecule has 0 atom stereocenters. The topological polar surface area (TPSA) is 86.2 Å². The van der Waals surface area contributed by atoms with Crippen molar-refractivity contribution in [1.29, 1.82) is 0 Å². The van der Waals surface area contributed by atoms with Crippen molar-refractivity contribution >= 4 is 11.6 Å². The van der Waals surface area contributed by atoms with Crippen LogP contribution in [0.3, 0.4) is 0 Å². The van der Waals surface area contributed by atoms with Crippen molar-refractivity contribution in [2.24, 2.45) is 0 Å². The van der Waals surface area contributed by atoms with Crippen LogP contribution in [0.15, 0.2) is 67.0 Å². The Bertz CT molecular complexity index is 1430.